The fourth-order valence-electron chi connectivity index (χ4n) is 3.06. The minimum absolute atomic E-state index is 0.0964. The lowest BCUT2D eigenvalue weighted by atomic mass is 10.1. The molecule has 0 aliphatic carbocycles. The topological polar surface area (TPSA) is 81.4 Å². The van der Waals surface area contributed by atoms with Crippen molar-refractivity contribution in [3.05, 3.63) is 95.3 Å². The highest BCUT2D eigenvalue weighted by atomic mass is 35.5. The second kappa shape index (κ2) is 8.83. The van der Waals surface area contributed by atoms with E-state index < -0.39 is 10.0 Å². The third-order valence-electron chi connectivity index (χ3n) is 4.57. The lowest BCUT2D eigenvalue weighted by molar-refractivity contribution is 0.415. The summed E-state index contributed by atoms with van der Waals surface area (Å²) in [5.41, 5.74) is 1.57. The summed E-state index contributed by atoms with van der Waals surface area (Å²) < 4.78 is 39.6. The van der Waals surface area contributed by atoms with E-state index >= 15 is 0 Å². The van der Waals surface area contributed by atoms with Gasteiger partial charge >= 0.3 is 0 Å². The molecule has 1 heterocycles. The van der Waals surface area contributed by atoms with E-state index in [1.54, 1.807) is 36.4 Å². The van der Waals surface area contributed by atoms with Crippen LogP contribution in [0.25, 0.3) is 11.3 Å². The van der Waals surface area contributed by atoms with E-state index in [2.05, 4.69) is 9.71 Å². The molecule has 0 saturated carbocycles. The molecule has 0 saturated heterocycles. The number of ether oxygens (including phenoxy) is 1. The molecule has 0 fully saturated rings. The Hall–Kier alpha value is -3.29. The molecule has 0 spiro atoms. The normalized spacial score (nSPS) is 11.3. The van der Waals surface area contributed by atoms with Crippen LogP contribution in [0.4, 0.5) is 5.82 Å². The Balaban J connectivity index is 1.77. The van der Waals surface area contributed by atoms with Crippen molar-refractivity contribution in [3.63, 3.8) is 0 Å². The summed E-state index contributed by atoms with van der Waals surface area (Å²) in [6.45, 7) is 0. The number of benzene rings is 3. The highest BCUT2D eigenvalue weighted by Gasteiger charge is 2.22. The van der Waals surface area contributed by atoms with Crippen molar-refractivity contribution < 1.29 is 17.6 Å². The van der Waals surface area contributed by atoms with Crippen LogP contribution in [0, 0.1) is 0 Å². The molecule has 0 atom stereocenters. The number of halogens is 1. The summed E-state index contributed by atoms with van der Waals surface area (Å²) >= 11 is 6.14. The van der Waals surface area contributed by atoms with E-state index in [1.165, 1.54) is 19.2 Å². The van der Waals surface area contributed by atoms with Crippen LogP contribution in [0.1, 0.15) is 11.5 Å². The zero-order valence-electron chi connectivity index (χ0n) is 16.6. The number of aromatic nitrogens is 1. The predicted octanol–water partition coefficient (Wildman–Crippen LogP) is 5.40. The Morgan fingerprint density at radius 2 is 1.68 bits per heavy atom. The van der Waals surface area contributed by atoms with Crippen LogP contribution in [-0.2, 0) is 16.4 Å². The van der Waals surface area contributed by atoms with Gasteiger partial charge in [-0.05, 0) is 35.9 Å². The van der Waals surface area contributed by atoms with E-state index in [9.17, 15) is 8.42 Å². The molecule has 0 aliphatic rings. The third kappa shape index (κ3) is 4.73. The Morgan fingerprint density at radius 1 is 1.00 bits per heavy atom. The van der Waals surface area contributed by atoms with Crippen molar-refractivity contribution in [1.82, 2.24) is 4.98 Å². The summed E-state index contributed by atoms with van der Waals surface area (Å²) in [5.74, 6) is 1.19. The maximum atomic E-state index is 12.9. The van der Waals surface area contributed by atoms with Gasteiger partial charge in [-0.15, -0.1) is 0 Å². The van der Waals surface area contributed by atoms with Crippen LogP contribution in [-0.4, -0.2) is 20.5 Å². The van der Waals surface area contributed by atoms with Gasteiger partial charge in [0.15, 0.2) is 11.6 Å². The van der Waals surface area contributed by atoms with Gasteiger partial charge in [-0.2, -0.15) is 4.98 Å². The second-order valence-corrected chi connectivity index (χ2v) is 8.81. The van der Waals surface area contributed by atoms with Crippen molar-refractivity contribution in [1.29, 1.82) is 0 Å². The molecule has 8 heteroatoms. The van der Waals surface area contributed by atoms with Crippen molar-refractivity contribution in [2.75, 3.05) is 11.8 Å². The van der Waals surface area contributed by atoms with Gasteiger partial charge < -0.3 is 9.15 Å². The van der Waals surface area contributed by atoms with Gasteiger partial charge in [0.1, 0.15) is 5.75 Å². The molecule has 0 radical (unpaired) electrons. The molecule has 0 aliphatic heterocycles. The van der Waals surface area contributed by atoms with Crippen LogP contribution in [0.3, 0.4) is 0 Å². The molecule has 0 unspecified atom stereocenters. The smallest absolute Gasteiger partial charge is 0.263 e. The van der Waals surface area contributed by atoms with Crippen LogP contribution in [0.2, 0.25) is 5.02 Å². The molecular formula is C23H19ClN2O4S. The highest BCUT2D eigenvalue weighted by molar-refractivity contribution is 7.92. The SMILES string of the molecule is COc1cc(-c2oc(Cc3ccccc3)nc2NS(=O)(=O)c2ccccc2)ccc1Cl. The van der Waals surface area contributed by atoms with Gasteiger partial charge in [0, 0.05) is 12.0 Å². The number of nitrogens with one attached hydrogen (secondary N) is 1. The fourth-order valence-corrected chi connectivity index (χ4v) is 4.28. The van der Waals surface area contributed by atoms with Gasteiger partial charge in [-0.1, -0.05) is 60.1 Å². The van der Waals surface area contributed by atoms with Crippen molar-refractivity contribution in [3.8, 4) is 17.1 Å². The molecule has 4 rings (SSSR count). The van der Waals surface area contributed by atoms with Crippen LogP contribution in [0.15, 0.2) is 88.2 Å². The summed E-state index contributed by atoms with van der Waals surface area (Å²) in [4.78, 5) is 4.57. The first kappa shape index (κ1) is 21.0. The van der Waals surface area contributed by atoms with E-state index in [1.807, 2.05) is 30.3 Å². The number of hydrogen-bond acceptors (Lipinski definition) is 5. The Labute approximate surface area is 185 Å². The molecule has 1 N–H and O–H groups in total. The first-order valence-corrected chi connectivity index (χ1v) is 11.3. The largest absolute Gasteiger partial charge is 0.495 e. The van der Waals surface area contributed by atoms with Gasteiger partial charge in [0.05, 0.1) is 17.0 Å². The Morgan fingerprint density at radius 3 is 2.35 bits per heavy atom. The van der Waals surface area contributed by atoms with Crippen molar-refractivity contribution in [2.24, 2.45) is 0 Å². The Bertz CT molecular complexity index is 1290. The van der Waals surface area contributed by atoms with Crippen LogP contribution < -0.4 is 9.46 Å². The van der Waals surface area contributed by atoms with Crippen molar-refractivity contribution >= 4 is 27.4 Å². The number of sulfonamides is 1. The number of nitrogens with zero attached hydrogens (tertiary/aromatic N) is 1. The molecule has 3 aromatic carbocycles. The fraction of sp³-hybridized carbons (Fsp3) is 0.0870. The zero-order chi connectivity index (χ0) is 21.8. The minimum Gasteiger partial charge on any atom is -0.495 e. The maximum absolute atomic E-state index is 12.9. The standard InChI is InChI=1S/C23H19ClN2O4S/c1-29-20-15-17(12-13-19(20)24)22-23(26-31(27,28)18-10-6-3-7-11-18)25-21(30-22)14-16-8-4-2-5-9-16/h2-13,15,26H,14H2,1H3. The maximum Gasteiger partial charge on any atom is 0.263 e. The second-order valence-electron chi connectivity index (χ2n) is 6.72. The number of rotatable bonds is 7. The molecule has 0 amide bonds. The molecule has 6 nitrogen and oxygen atoms in total. The summed E-state index contributed by atoms with van der Waals surface area (Å²) in [5, 5.41) is 0.432. The lowest BCUT2D eigenvalue weighted by Gasteiger charge is -2.08. The molecule has 158 valence electrons. The molecular weight excluding hydrogens is 436 g/mol. The van der Waals surface area contributed by atoms with Crippen LogP contribution >= 0.6 is 11.6 Å². The van der Waals surface area contributed by atoms with E-state index in [0.717, 1.165) is 5.56 Å². The molecule has 31 heavy (non-hydrogen) atoms. The molecule has 4 aromatic rings. The number of methoxy groups -OCH3 is 1. The van der Waals surface area contributed by atoms with Crippen molar-refractivity contribution in [2.45, 2.75) is 11.3 Å². The molecule has 0 bridgehead atoms. The van der Waals surface area contributed by atoms with Crippen LogP contribution in [0.5, 0.6) is 5.75 Å². The summed E-state index contributed by atoms with van der Waals surface area (Å²) in [6.07, 6.45) is 0.408. The Kier molecular flexibility index (Phi) is 5.97. The average Bonchev–Trinajstić information content (AvgIpc) is 3.16. The van der Waals surface area contributed by atoms with E-state index in [-0.39, 0.29) is 16.5 Å². The number of hydrogen-bond donors (Lipinski definition) is 1. The quantitative estimate of drug-likeness (QED) is 0.404. The first-order valence-electron chi connectivity index (χ1n) is 9.41. The van der Waals surface area contributed by atoms with Gasteiger partial charge in [-0.25, -0.2) is 8.42 Å². The third-order valence-corrected chi connectivity index (χ3v) is 6.23. The summed E-state index contributed by atoms with van der Waals surface area (Å²) in [7, 11) is -2.35. The average molecular weight is 455 g/mol. The predicted molar refractivity (Wildman–Crippen MR) is 120 cm³/mol. The van der Waals surface area contributed by atoms with E-state index in [4.69, 9.17) is 20.8 Å². The zero-order valence-corrected chi connectivity index (χ0v) is 18.2. The monoisotopic (exact) mass is 454 g/mol. The lowest BCUT2D eigenvalue weighted by Crippen LogP contribution is -2.13. The number of anilines is 1. The first-order chi connectivity index (χ1) is 15.0. The van der Waals surface area contributed by atoms with E-state index in [0.29, 0.717) is 28.6 Å². The summed E-state index contributed by atoms with van der Waals surface area (Å²) in [6, 6.07) is 22.8. The van der Waals surface area contributed by atoms with Gasteiger partial charge in [-0.3, -0.25) is 4.72 Å². The molecule has 1 aromatic heterocycles. The van der Waals surface area contributed by atoms with Gasteiger partial charge in [0.2, 0.25) is 5.89 Å². The minimum atomic E-state index is -3.86. The highest BCUT2D eigenvalue weighted by Crippen LogP contribution is 2.36. The number of oxazole rings is 1. The van der Waals surface area contributed by atoms with Gasteiger partial charge in [0.25, 0.3) is 10.0 Å².